The van der Waals surface area contributed by atoms with E-state index in [2.05, 4.69) is 5.32 Å². The molecule has 2 heterocycles. The Kier molecular flexibility index (Phi) is 7.92. The van der Waals surface area contributed by atoms with E-state index in [4.69, 9.17) is 9.47 Å². The fraction of sp³-hybridized carbons (Fsp3) is 0.371. The molecule has 4 aromatic rings. The van der Waals surface area contributed by atoms with Gasteiger partial charge in [0.2, 0.25) is 0 Å². The Labute approximate surface area is 247 Å². The van der Waals surface area contributed by atoms with Gasteiger partial charge in [-0.1, -0.05) is 74.6 Å². The average Bonchev–Trinajstić information content (AvgIpc) is 3.38. The molecule has 7 heteroatoms. The van der Waals surface area contributed by atoms with E-state index < -0.39 is 5.54 Å². The lowest BCUT2D eigenvalue weighted by atomic mass is 9.83. The fourth-order valence-corrected chi connectivity index (χ4v) is 6.69. The highest BCUT2D eigenvalue weighted by Gasteiger charge is 2.52. The van der Waals surface area contributed by atoms with Gasteiger partial charge in [0.15, 0.2) is 5.54 Å². The standard InChI is InChI=1S/C35H39N3O4/c1-41-29-17-11-12-25(20-29)23-38-33(39)32-21-26-18-19-30(42-2)22-31(26)37(32)24-35(38,27-13-7-6-8-14-27)34(40)36-28-15-9-4-3-5-10-16-28/h6-8,11-14,17-22,28H,3-5,9-10,15-16,23-24H2,1-2H3,(H,36,40)/t35-/m0/s1. The molecule has 1 aliphatic heterocycles. The summed E-state index contributed by atoms with van der Waals surface area (Å²) in [6.45, 7) is 0.547. The van der Waals surface area contributed by atoms with Gasteiger partial charge in [0.1, 0.15) is 17.2 Å². The number of nitrogens with zero attached hydrogens (tertiary/aromatic N) is 2. The topological polar surface area (TPSA) is 72.8 Å². The molecule has 2 aliphatic rings. The van der Waals surface area contributed by atoms with Crippen molar-refractivity contribution in [2.75, 3.05) is 14.2 Å². The first kappa shape index (κ1) is 27.9. The molecule has 218 valence electrons. The van der Waals surface area contributed by atoms with Gasteiger partial charge in [-0.2, -0.15) is 0 Å². The third-order valence-electron chi connectivity index (χ3n) is 8.97. The Bertz CT molecular complexity index is 1570. The van der Waals surface area contributed by atoms with Crippen molar-refractivity contribution in [3.8, 4) is 11.5 Å². The van der Waals surface area contributed by atoms with Crippen molar-refractivity contribution in [2.24, 2.45) is 0 Å². The predicted molar refractivity (Wildman–Crippen MR) is 164 cm³/mol. The molecule has 42 heavy (non-hydrogen) atoms. The second-order valence-electron chi connectivity index (χ2n) is 11.5. The molecule has 1 aliphatic carbocycles. The molecule has 6 rings (SSSR count). The Balaban J connectivity index is 1.52. The lowest BCUT2D eigenvalue weighted by molar-refractivity contribution is -0.136. The molecule has 1 N–H and O–H groups in total. The van der Waals surface area contributed by atoms with Crippen LogP contribution in [0, 0.1) is 0 Å². The van der Waals surface area contributed by atoms with E-state index in [1.807, 2.05) is 83.4 Å². The van der Waals surface area contributed by atoms with E-state index in [1.54, 1.807) is 19.1 Å². The minimum Gasteiger partial charge on any atom is -0.497 e. The Morgan fingerprint density at radius 2 is 1.57 bits per heavy atom. The van der Waals surface area contributed by atoms with Crippen LogP contribution in [0.5, 0.6) is 11.5 Å². The zero-order chi connectivity index (χ0) is 29.1. The Hall–Kier alpha value is -4.26. The zero-order valence-electron chi connectivity index (χ0n) is 24.5. The molecule has 0 radical (unpaired) electrons. The molecule has 1 saturated carbocycles. The van der Waals surface area contributed by atoms with Crippen molar-refractivity contribution in [3.63, 3.8) is 0 Å². The first-order chi connectivity index (χ1) is 20.5. The van der Waals surface area contributed by atoms with Gasteiger partial charge in [-0.05, 0) is 54.3 Å². The molecular weight excluding hydrogens is 526 g/mol. The number of hydrogen-bond acceptors (Lipinski definition) is 4. The normalized spacial score (nSPS) is 19.6. The number of rotatable bonds is 7. The SMILES string of the molecule is COc1cccc(CN2C(=O)c3cc4ccc(OC)cc4n3C[C@@]2(C(=O)NC2CCCCCCC2)c2ccccc2)c1. The van der Waals surface area contributed by atoms with Crippen LogP contribution in [0.2, 0.25) is 0 Å². The number of carbonyl (C=O) groups excluding carboxylic acids is 2. The van der Waals surface area contributed by atoms with E-state index in [1.165, 1.54) is 19.3 Å². The molecule has 1 atom stereocenters. The van der Waals surface area contributed by atoms with E-state index in [0.29, 0.717) is 17.2 Å². The maximum Gasteiger partial charge on any atom is 0.272 e. The van der Waals surface area contributed by atoms with Crippen molar-refractivity contribution in [1.82, 2.24) is 14.8 Å². The number of aromatic nitrogens is 1. The predicted octanol–water partition coefficient (Wildman–Crippen LogP) is 6.44. The van der Waals surface area contributed by atoms with Gasteiger partial charge in [0.05, 0.1) is 26.3 Å². The lowest BCUT2D eigenvalue weighted by Gasteiger charge is -2.47. The Morgan fingerprint density at radius 1 is 0.857 bits per heavy atom. The summed E-state index contributed by atoms with van der Waals surface area (Å²) in [6.07, 6.45) is 7.74. The van der Waals surface area contributed by atoms with Crippen molar-refractivity contribution < 1.29 is 19.1 Å². The molecule has 2 amide bonds. The Morgan fingerprint density at radius 3 is 2.31 bits per heavy atom. The van der Waals surface area contributed by atoms with Gasteiger partial charge in [-0.3, -0.25) is 9.59 Å². The number of fused-ring (bicyclic) bond motifs is 3. The van der Waals surface area contributed by atoms with Crippen LogP contribution < -0.4 is 14.8 Å². The molecule has 0 saturated heterocycles. The molecular formula is C35H39N3O4. The van der Waals surface area contributed by atoms with E-state index in [0.717, 1.165) is 47.7 Å². The second kappa shape index (κ2) is 11.9. The second-order valence-corrected chi connectivity index (χ2v) is 11.5. The highest BCUT2D eigenvalue weighted by atomic mass is 16.5. The van der Waals surface area contributed by atoms with Crippen LogP contribution in [0.15, 0.2) is 78.9 Å². The van der Waals surface area contributed by atoms with Crippen LogP contribution in [0.4, 0.5) is 0 Å². The number of methoxy groups -OCH3 is 2. The summed E-state index contributed by atoms with van der Waals surface area (Å²) in [5.41, 5.74) is 1.85. The minimum absolute atomic E-state index is 0.0788. The van der Waals surface area contributed by atoms with Gasteiger partial charge >= 0.3 is 0 Å². The first-order valence-electron chi connectivity index (χ1n) is 15.0. The lowest BCUT2D eigenvalue weighted by Crippen LogP contribution is -2.64. The third-order valence-corrected chi connectivity index (χ3v) is 8.97. The van der Waals surface area contributed by atoms with Gasteiger partial charge in [-0.15, -0.1) is 0 Å². The largest absolute Gasteiger partial charge is 0.497 e. The molecule has 1 aromatic heterocycles. The minimum atomic E-state index is -1.27. The summed E-state index contributed by atoms with van der Waals surface area (Å²) >= 11 is 0. The summed E-state index contributed by atoms with van der Waals surface area (Å²) in [7, 11) is 3.27. The quantitative estimate of drug-likeness (QED) is 0.280. The number of benzene rings is 3. The van der Waals surface area contributed by atoms with Crippen molar-refractivity contribution >= 4 is 22.7 Å². The molecule has 3 aromatic carbocycles. The number of carbonyl (C=O) groups is 2. The summed E-state index contributed by atoms with van der Waals surface area (Å²) < 4.78 is 13.0. The molecule has 0 unspecified atom stereocenters. The smallest absolute Gasteiger partial charge is 0.272 e. The molecule has 0 bridgehead atoms. The summed E-state index contributed by atoms with van der Waals surface area (Å²) in [5, 5.41) is 4.39. The van der Waals surface area contributed by atoms with Crippen LogP contribution in [-0.2, 0) is 23.4 Å². The van der Waals surface area contributed by atoms with Gasteiger partial charge in [0.25, 0.3) is 11.8 Å². The number of nitrogens with one attached hydrogen (secondary N) is 1. The number of hydrogen-bond donors (Lipinski definition) is 1. The molecule has 1 fully saturated rings. The van der Waals surface area contributed by atoms with Crippen molar-refractivity contribution in [2.45, 2.75) is 69.6 Å². The van der Waals surface area contributed by atoms with Gasteiger partial charge < -0.3 is 24.3 Å². The third kappa shape index (κ3) is 5.13. The summed E-state index contributed by atoms with van der Waals surface area (Å²) in [6, 6.07) is 25.3. The van der Waals surface area contributed by atoms with Gasteiger partial charge in [0, 0.05) is 24.0 Å². The summed E-state index contributed by atoms with van der Waals surface area (Å²) in [4.78, 5) is 31.3. The fourth-order valence-electron chi connectivity index (χ4n) is 6.69. The van der Waals surface area contributed by atoms with E-state index >= 15 is 0 Å². The van der Waals surface area contributed by atoms with Gasteiger partial charge in [-0.25, -0.2) is 0 Å². The van der Waals surface area contributed by atoms with Crippen molar-refractivity contribution in [3.05, 3.63) is 95.7 Å². The number of ether oxygens (including phenoxy) is 2. The number of amides is 2. The van der Waals surface area contributed by atoms with E-state index in [-0.39, 0.29) is 30.9 Å². The van der Waals surface area contributed by atoms with Crippen LogP contribution in [-0.4, -0.2) is 41.5 Å². The highest BCUT2D eigenvalue weighted by Crippen LogP contribution is 2.41. The first-order valence-corrected chi connectivity index (χ1v) is 15.0. The van der Waals surface area contributed by atoms with Crippen LogP contribution in [0.1, 0.15) is 66.6 Å². The zero-order valence-corrected chi connectivity index (χ0v) is 24.5. The summed E-state index contributed by atoms with van der Waals surface area (Å²) in [5.74, 6) is 1.10. The van der Waals surface area contributed by atoms with E-state index in [9.17, 15) is 9.59 Å². The average molecular weight is 566 g/mol. The maximum absolute atomic E-state index is 14.9. The highest BCUT2D eigenvalue weighted by molar-refractivity contribution is 6.04. The van der Waals surface area contributed by atoms with Crippen LogP contribution in [0.25, 0.3) is 10.9 Å². The van der Waals surface area contributed by atoms with Crippen LogP contribution >= 0.6 is 0 Å². The monoisotopic (exact) mass is 565 g/mol. The van der Waals surface area contributed by atoms with Crippen molar-refractivity contribution in [1.29, 1.82) is 0 Å². The van der Waals surface area contributed by atoms with Crippen LogP contribution in [0.3, 0.4) is 0 Å². The molecule has 7 nitrogen and oxygen atoms in total. The maximum atomic E-state index is 14.9. The molecule has 0 spiro atoms.